The second kappa shape index (κ2) is 7.20. The molecule has 1 fully saturated rings. The maximum Gasteiger partial charge on any atom is 0.224 e. The summed E-state index contributed by atoms with van der Waals surface area (Å²) in [4.78, 5) is 16.1. The van der Waals surface area contributed by atoms with E-state index in [9.17, 15) is 4.79 Å². The van der Waals surface area contributed by atoms with E-state index in [1.54, 1.807) is 0 Å². The van der Waals surface area contributed by atoms with Gasteiger partial charge in [0.05, 0.1) is 13.0 Å². The summed E-state index contributed by atoms with van der Waals surface area (Å²) >= 11 is 0. The average molecular weight is 342 g/mol. The van der Waals surface area contributed by atoms with Crippen molar-refractivity contribution in [3.8, 4) is 0 Å². The molecule has 1 heterocycles. The van der Waals surface area contributed by atoms with E-state index in [1.165, 1.54) is 22.9 Å². The number of ether oxygens (including phenoxy) is 1. The number of benzene rings is 1. The monoisotopic (exact) mass is 342 g/mol. The molecule has 3 rings (SSSR count). The van der Waals surface area contributed by atoms with Crippen LogP contribution in [0.4, 0.5) is 0 Å². The van der Waals surface area contributed by atoms with Crippen molar-refractivity contribution in [1.29, 1.82) is 0 Å². The SMILES string of the molecule is CCOCC1(CNC(=O)Cc2c(C)[nH]c3c(C)ccc(C)c23)CCC1. The van der Waals surface area contributed by atoms with Gasteiger partial charge in [-0.2, -0.15) is 0 Å². The zero-order chi connectivity index (χ0) is 18.0. The highest BCUT2D eigenvalue weighted by atomic mass is 16.5. The lowest BCUT2D eigenvalue weighted by atomic mass is 9.69. The molecule has 0 atom stereocenters. The van der Waals surface area contributed by atoms with Gasteiger partial charge in [0, 0.05) is 35.2 Å². The van der Waals surface area contributed by atoms with Crippen molar-refractivity contribution in [2.45, 2.75) is 53.4 Å². The smallest absolute Gasteiger partial charge is 0.224 e. The zero-order valence-corrected chi connectivity index (χ0v) is 15.9. The third-order valence-electron chi connectivity index (χ3n) is 5.71. The standard InChI is InChI=1S/C21H30N2O2/c1-5-25-13-21(9-6-10-21)12-22-18(24)11-17-16(4)23-20-15(3)8-7-14(2)19(17)20/h7-8,23H,5-6,9-13H2,1-4H3,(H,22,24). The van der Waals surface area contributed by atoms with Crippen molar-refractivity contribution in [2.75, 3.05) is 19.8 Å². The van der Waals surface area contributed by atoms with Crippen molar-refractivity contribution in [3.63, 3.8) is 0 Å². The van der Waals surface area contributed by atoms with Crippen LogP contribution in [0.3, 0.4) is 0 Å². The lowest BCUT2D eigenvalue weighted by molar-refractivity contribution is -0.121. The van der Waals surface area contributed by atoms with E-state index >= 15 is 0 Å². The van der Waals surface area contributed by atoms with Gasteiger partial charge in [-0.05, 0) is 57.2 Å². The third kappa shape index (κ3) is 3.59. The van der Waals surface area contributed by atoms with E-state index in [-0.39, 0.29) is 11.3 Å². The maximum absolute atomic E-state index is 12.6. The van der Waals surface area contributed by atoms with Crippen LogP contribution in [-0.2, 0) is 16.0 Å². The Kier molecular flexibility index (Phi) is 5.19. The fraction of sp³-hybridized carbons (Fsp3) is 0.571. The first kappa shape index (κ1) is 18.0. The molecule has 4 heteroatoms. The molecule has 2 aromatic rings. The van der Waals surface area contributed by atoms with Crippen molar-refractivity contribution in [2.24, 2.45) is 5.41 Å². The Morgan fingerprint density at radius 1 is 1.24 bits per heavy atom. The molecule has 0 bridgehead atoms. The molecular formula is C21H30N2O2. The van der Waals surface area contributed by atoms with E-state index in [0.29, 0.717) is 6.42 Å². The highest BCUT2D eigenvalue weighted by Gasteiger charge is 2.37. The quantitative estimate of drug-likeness (QED) is 0.800. The Bertz CT molecular complexity index is 772. The van der Waals surface area contributed by atoms with Gasteiger partial charge in [-0.3, -0.25) is 4.79 Å². The molecule has 0 aliphatic heterocycles. The summed E-state index contributed by atoms with van der Waals surface area (Å²) in [5.41, 5.74) is 5.98. The molecule has 0 unspecified atom stereocenters. The van der Waals surface area contributed by atoms with Crippen molar-refractivity contribution in [1.82, 2.24) is 10.3 Å². The lowest BCUT2D eigenvalue weighted by Crippen LogP contribution is -2.45. The van der Waals surface area contributed by atoms with Gasteiger partial charge in [0.2, 0.25) is 5.91 Å². The molecule has 136 valence electrons. The number of hydrogen-bond acceptors (Lipinski definition) is 2. The van der Waals surface area contributed by atoms with Crippen LogP contribution < -0.4 is 5.32 Å². The molecule has 25 heavy (non-hydrogen) atoms. The molecule has 1 aliphatic carbocycles. The Balaban J connectivity index is 1.70. The van der Waals surface area contributed by atoms with Crippen LogP contribution in [0.25, 0.3) is 10.9 Å². The first-order valence-corrected chi connectivity index (χ1v) is 9.37. The highest BCUT2D eigenvalue weighted by Crippen LogP contribution is 2.40. The van der Waals surface area contributed by atoms with E-state index in [1.807, 2.05) is 6.92 Å². The molecule has 1 amide bonds. The summed E-state index contributed by atoms with van der Waals surface area (Å²) in [5, 5.41) is 4.37. The molecular weight excluding hydrogens is 312 g/mol. The summed E-state index contributed by atoms with van der Waals surface area (Å²) in [7, 11) is 0. The van der Waals surface area contributed by atoms with E-state index in [4.69, 9.17) is 4.74 Å². The topological polar surface area (TPSA) is 54.1 Å². The van der Waals surface area contributed by atoms with E-state index in [0.717, 1.165) is 49.4 Å². The number of aromatic amines is 1. The number of hydrogen-bond donors (Lipinski definition) is 2. The highest BCUT2D eigenvalue weighted by molar-refractivity contribution is 5.93. The van der Waals surface area contributed by atoms with E-state index in [2.05, 4.69) is 43.2 Å². The van der Waals surface area contributed by atoms with Crippen LogP contribution >= 0.6 is 0 Å². The second-order valence-electron chi connectivity index (χ2n) is 7.62. The number of carbonyl (C=O) groups is 1. The van der Waals surface area contributed by atoms with Gasteiger partial charge in [0.1, 0.15) is 0 Å². The second-order valence-corrected chi connectivity index (χ2v) is 7.62. The van der Waals surface area contributed by atoms with Gasteiger partial charge >= 0.3 is 0 Å². The Morgan fingerprint density at radius 3 is 2.60 bits per heavy atom. The number of H-pyrrole nitrogens is 1. The molecule has 1 aromatic heterocycles. The van der Waals surface area contributed by atoms with Crippen LogP contribution in [0.1, 0.15) is 48.6 Å². The largest absolute Gasteiger partial charge is 0.381 e. The molecule has 4 nitrogen and oxygen atoms in total. The molecule has 1 aliphatic rings. The molecule has 0 spiro atoms. The number of carbonyl (C=O) groups excluding carboxylic acids is 1. The van der Waals surface area contributed by atoms with E-state index < -0.39 is 0 Å². The van der Waals surface area contributed by atoms with Gasteiger partial charge in [-0.1, -0.05) is 18.6 Å². The lowest BCUT2D eigenvalue weighted by Gasteiger charge is -2.41. The first-order chi connectivity index (χ1) is 12.0. The molecule has 1 aromatic carbocycles. The summed E-state index contributed by atoms with van der Waals surface area (Å²) in [5.74, 6) is 0.104. The molecule has 2 N–H and O–H groups in total. The third-order valence-corrected chi connectivity index (χ3v) is 5.71. The normalized spacial score (nSPS) is 16.0. The number of nitrogens with one attached hydrogen (secondary N) is 2. The predicted molar refractivity (Wildman–Crippen MR) is 102 cm³/mol. The van der Waals surface area contributed by atoms with Gasteiger partial charge in [0.15, 0.2) is 0 Å². The average Bonchev–Trinajstić information content (AvgIpc) is 2.88. The van der Waals surface area contributed by atoms with Crippen molar-refractivity contribution < 1.29 is 9.53 Å². The van der Waals surface area contributed by atoms with Crippen molar-refractivity contribution in [3.05, 3.63) is 34.5 Å². The van der Waals surface area contributed by atoms with Crippen LogP contribution in [0.15, 0.2) is 12.1 Å². The number of aryl methyl sites for hydroxylation is 3. The van der Waals surface area contributed by atoms with Crippen LogP contribution in [0.2, 0.25) is 0 Å². The van der Waals surface area contributed by atoms with Crippen LogP contribution in [-0.4, -0.2) is 30.6 Å². The fourth-order valence-electron chi connectivity index (χ4n) is 3.91. The molecule has 0 radical (unpaired) electrons. The fourth-order valence-corrected chi connectivity index (χ4v) is 3.91. The molecule has 0 saturated heterocycles. The summed E-state index contributed by atoms with van der Waals surface area (Å²) in [6.07, 6.45) is 3.97. The maximum atomic E-state index is 12.6. The minimum absolute atomic E-state index is 0.104. The van der Waals surface area contributed by atoms with Crippen LogP contribution in [0, 0.1) is 26.2 Å². The summed E-state index contributed by atoms with van der Waals surface area (Å²) in [6, 6.07) is 4.27. The number of fused-ring (bicyclic) bond motifs is 1. The van der Waals surface area contributed by atoms with Gasteiger partial charge in [-0.15, -0.1) is 0 Å². The first-order valence-electron chi connectivity index (χ1n) is 9.37. The Labute approximate surface area is 150 Å². The van der Waals surface area contributed by atoms with Crippen LogP contribution in [0.5, 0.6) is 0 Å². The van der Waals surface area contributed by atoms with Crippen molar-refractivity contribution >= 4 is 16.8 Å². The van der Waals surface area contributed by atoms with Gasteiger partial charge in [-0.25, -0.2) is 0 Å². The number of rotatable bonds is 7. The van der Waals surface area contributed by atoms with Gasteiger partial charge < -0.3 is 15.0 Å². The Morgan fingerprint density at radius 2 is 1.96 bits per heavy atom. The minimum atomic E-state index is 0.104. The predicted octanol–water partition coefficient (Wildman–Crippen LogP) is 3.96. The van der Waals surface area contributed by atoms with Gasteiger partial charge in [0.25, 0.3) is 0 Å². The molecule has 1 saturated carbocycles. The number of aromatic nitrogens is 1. The summed E-state index contributed by atoms with van der Waals surface area (Å²) < 4.78 is 5.63. The summed E-state index contributed by atoms with van der Waals surface area (Å²) in [6.45, 7) is 10.5. The number of amides is 1. The minimum Gasteiger partial charge on any atom is -0.381 e. The zero-order valence-electron chi connectivity index (χ0n) is 15.9. The Hall–Kier alpha value is -1.81.